The van der Waals surface area contributed by atoms with E-state index in [1.165, 1.54) is 0 Å². The van der Waals surface area contributed by atoms with E-state index in [-0.39, 0.29) is 22.8 Å². The number of amides is 2. The summed E-state index contributed by atoms with van der Waals surface area (Å²) in [5, 5.41) is 3.28. The number of carbonyl (C=O) groups is 2. The number of halogens is 1. The number of ether oxygens (including phenoxy) is 2. The Morgan fingerprint density at radius 3 is 2.41 bits per heavy atom. The number of methoxy groups -OCH3 is 1. The number of hydrogen-bond donors (Lipinski definition) is 2. The Morgan fingerprint density at radius 2 is 1.85 bits per heavy atom. The van der Waals surface area contributed by atoms with Crippen molar-refractivity contribution in [3.05, 3.63) is 34.7 Å². The van der Waals surface area contributed by atoms with E-state index in [1.807, 2.05) is 39.8 Å². The van der Waals surface area contributed by atoms with Gasteiger partial charge < -0.3 is 30.3 Å². The fourth-order valence-corrected chi connectivity index (χ4v) is 3.80. The number of benzene rings is 1. The Kier molecular flexibility index (Phi) is 7.71. The minimum absolute atomic E-state index is 0.0163. The fraction of sp³-hybridized carbons (Fsp3) is 0.478. The predicted octanol–water partition coefficient (Wildman–Crippen LogP) is 3.60. The largest absolute Gasteiger partial charge is 0.495 e. The van der Waals surface area contributed by atoms with Crippen molar-refractivity contribution < 1.29 is 19.1 Å². The van der Waals surface area contributed by atoms with Crippen LogP contribution < -0.4 is 20.7 Å². The van der Waals surface area contributed by atoms with E-state index in [4.69, 9.17) is 26.8 Å². The summed E-state index contributed by atoms with van der Waals surface area (Å²) in [5.74, 6) is 0.101. The van der Waals surface area contributed by atoms with Gasteiger partial charge in [-0.15, -0.1) is 0 Å². The number of aryl methyl sites for hydroxylation is 1. The van der Waals surface area contributed by atoms with Crippen LogP contribution in [0.3, 0.4) is 0 Å². The number of nitrogens with one attached hydrogen (secondary N) is 1. The molecule has 11 heteroatoms. The minimum Gasteiger partial charge on any atom is -0.495 e. The minimum atomic E-state index is -0.701. The zero-order chi connectivity index (χ0) is 25.0. The molecule has 0 radical (unpaired) electrons. The molecule has 0 atom stereocenters. The third-order valence-electron chi connectivity index (χ3n) is 5.20. The molecule has 1 aliphatic rings. The van der Waals surface area contributed by atoms with Gasteiger partial charge in [-0.2, -0.15) is 0 Å². The van der Waals surface area contributed by atoms with Crippen LogP contribution in [0, 0.1) is 0 Å². The highest BCUT2D eigenvalue weighted by Crippen LogP contribution is 2.33. The lowest BCUT2D eigenvalue weighted by Gasteiger charge is -2.37. The molecule has 3 N–H and O–H groups in total. The van der Waals surface area contributed by atoms with Crippen LogP contribution in [0.5, 0.6) is 5.75 Å². The molecule has 2 heterocycles. The smallest absolute Gasteiger partial charge is 0.410 e. The van der Waals surface area contributed by atoms with Gasteiger partial charge in [-0.1, -0.05) is 18.5 Å². The van der Waals surface area contributed by atoms with Gasteiger partial charge in [0.15, 0.2) is 16.7 Å². The standard InChI is InChI=1S/C23H31ClN6O4/c1-6-15-19(24)28-21(18(27-15)20(25)31)26-14-7-8-16(17(13-14)33-5)29-9-11-30(12-10-29)22(32)34-23(2,3)4/h7-8,13H,6,9-12H2,1-5H3,(H2,25,31)(H,26,28). The first-order valence-electron chi connectivity index (χ1n) is 11.1. The molecule has 1 aromatic heterocycles. The molecule has 2 amide bonds. The van der Waals surface area contributed by atoms with Gasteiger partial charge >= 0.3 is 6.09 Å². The second-order valence-corrected chi connectivity index (χ2v) is 9.20. The van der Waals surface area contributed by atoms with Gasteiger partial charge in [0, 0.05) is 37.9 Å². The molecule has 1 fully saturated rings. The summed E-state index contributed by atoms with van der Waals surface area (Å²) in [4.78, 5) is 36.6. The van der Waals surface area contributed by atoms with E-state index in [0.717, 1.165) is 5.69 Å². The summed E-state index contributed by atoms with van der Waals surface area (Å²) in [7, 11) is 1.58. The van der Waals surface area contributed by atoms with Crippen molar-refractivity contribution in [3.63, 3.8) is 0 Å². The molecule has 0 bridgehead atoms. The number of anilines is 3. The highest BCUT2D eigenvalue weighted by Gasteiger charge is 2.27. The van der Waals surface area contributed by atoms with Gasteiger partial charge in [0.1, 0.15) is 11.4 Å². The number of aromatic nitrogens is 2. The monoisotopic (exact) mass is 490 g/mol. The Hall–Kier alpha value is -3.27. The summed E-state index contributed by atoms with van der Waals surface area (Å²) < 4.78 is 11.1. The maximum atomic E-state index is 12.3. The lowest BCUT2D eigenvalue weighted by atomic mass is 10.2. The fourth-order valence-electron chi connectivity index (χ4n) is 3.54. The zero-order valence-electron chi connectivity index (χ0n) is 20.1. The van der Waals surface area contributed by atoms with Crippen LogP contribution in [-0.4, -0.2) is 65.8 Å². The Morgan fingerprint density at radius 1 is 1.18 bits per heavy atom. The third kappa shape index (κ3) is 5.99. The van der Waals surface area contributed by atoms with Crippen LogP contribution in [0.25, 0.3) is 0 Å². The average Bonchev–Trinajstić information content (AvgIpc) is 2.78. The average molecular weight is 491 g/mol. The van der Waals surface area contributed by atoms with Gasteiger partial charge in [-0.25, -0.2) is 14.8 Å². The van der Waals surface area contributed by atoms with Crippen molar-refractivity contribution in [1.29, 1.82) is 0 Å². The van der Waals surface area contributed by atoms with Gasteiger partial charge in [0.05, 0.1) is 18.5 Å². The molecular weight excluding hydrogens is 460 g/mol. The van der Waals surface area contributed by atoms with Gasteiger partial charge in [0.25, 0.3) is 5.91 Å². The van der Waals surface area contributed by atoms with Crippen molar-refractivity contribution >= 4 is 40.8 Å². The Balaban J connectivity index is 1.76. The van der Waals surface area contributed by atoms with Crippen LogP contribution >= 0.6 is 11.6 Å². The number of rotatable bonds is 6. The Labute approximate surface area is 204 Å². The van der Waals surface area contributed by atoms with Crippen LogP contribution in [0.2, 0.25) is 5.15 Å². The molecule has 0 saturated carbocycles. The molecule has 0 unspecified atom stereocenters. The van der Waals surface area contributed by atoms with E-state index >= 15 is 0 Å². The first kappa shape index (κ1) is 25.4. The van der Waals surface area contributed by atoms with Gasteiger partial charge in [-0.3, -0.25) is 4.79 Å². The molecule has 1 aromatic carbocycles. The summed E-state index contributed by atoms with van der Waals surface area (Å²) >= 11 is 6.19. The highest BCUT2D eigenvalue weighted by molar-refractivity contribution is 6.30. The van der Waals surface area contributed by atoms with Crippen LogP contribution in [-0.2, 0) is 11.2 Å². The summed E-state index contributed by atoms with van der Waals surface area (Å²) in [6.07, 6.45) is 0.216. The molecule has 1 aliphatic heterocycles. The molecule has 2 aromatic rings. The van der Waals surface area contributed by atoms with E-state index in [9.17, 15) is 9.59 Å². The summed E-state index contributed by atoms with van der Waals surface area (Å²) in [6, 6.07) is 5.54. The number of primary amides is 1. The maximum Gasteiger partial charge on any atom is 0.410 e. The predicted molar refractivity (Wildman–Crippen MR) is 131 cm³/mol. The first-order chi connectivity index (χ1) is 16.0. The molecule has 184 valence electrons. The number of piperazine rings is 1. The normalized spacial score (nSPS) is 14.1. The molecule has 34 heavy (non-hydrogen) atoms. The lowest BCUT2D eigenvalue weighted by Crippen LogP contribution is -2.50. The molecular formula is C23H31ClN6O4. The molecule has 3 rings (SSSR count). The van der Waals surface area contributed by atoms with Crippen molar-refractivity contribution in [2.45, 2.75) is 39.7 Å². The van der Waals surface area contributed by atoms with E-state index in [0.29, 0.717) is 49.7 Å². The quantitative estimate of drug-likeness (QED) is 0.629. The van der Waals surface area contributed by atoms with E-state index in [2.05, 4.69) is 20.2 Å². The number of nitrogens with two attached hydrogens (primary N) is 1. The summed E-state index contributed by atoms with van der Waals surface area (Å²) in [5.41, 5.74) is 7.00. The number of carbonyl (C=O) groups excluding carboxylic acids is 2. The van der Waals surface area contributed by atoms with Crippen LogP contribution in [0.4, 0.5) is 22.0 Å². The zero-order valence-corrected chi connectivity index (χ0v) is 20.9. The van der Waals surface area contributed by atoms with Gasteiger partial charge in [-0.05, 0) is 39.3 Å². The molecule has 0 aliphatic carbocycles. The van der Waals surface area contributed by atoms with E-state index < -0.39 is 11.5 Å². The number of hydrogen-bond acceptors (Lipinski definition) is 8. The van der Waals surface area contributed by atoms with Crippen LogP contribution in [0.15, 0.2) is 18.2 Å². The van der Waals surface area contributed by atoms with Gasteiger partial charge in [0.2, 0.25) is 0 Å². The van der Waals surface area contributed by atoms with Crippen molar-refractivity contribution in [2.75, 3.05) is 43.5 Å². The SMILES string of the molecule is CCc1nc(C(N)=O)c(Nc2ccc(N3CCN(C(=O)OC(C)(C)C)CC3)c(OC)c2)nc1Cl. The van der Waals surface area contributed by atoms with Crippen LogP contribution in [0.1, 0.15) is 43.9 Å². The molecule has 1 saturated heterocycles. The topological polar surface area (TPSA) is 123 Å². The summed E-state index contributed by atoms with van der Waals surface area (Å²) in [6.45, 7) is 9.77. The third-order valence-corrected chi connectivity index (χ3v) is 5.50. The second-order valence-electron chi connectivity index (χ2n) is 8.84. The van der Waals surface area contributed by atoms with Crippen molar-refractivity contribution in [3.8, 4) is 5.75 Å². The van der Waals surface area contributed by atoms with Crippen molar-refractivity contribution in [1.82, 2.24) is 14.9 Å². The van der Waals surface area contributed by atoms with E-state index in [1.54, 1.807) is 18.1 Å². The maximum absolute atomic E-state index is 12.3. The number of nitrogens with zero attached hydrogens (tertiary/aromatic N) is 4. The first-order valence-corrected chi connectivity index (χ1v) is 11.4. The Bertz CT molecular complexity index is 1060. The lowest BCUT2D eigenvalue weighted by molar-refractivity contribution is 0.0240. The molecule has 0 spiro atoms. The molecule has 10 nitrogen and oxygen atoms in total. The second kappa shape index (κ2) is 10.3. The highest BCUT2D eigenvalue weighted by atomic mass is 35.5. The van der Waals surface area contributed by atoms with Crippen molar-refractivity contribution in [2.24, 2.45) is 5.73 Å².